The highest BCUT2D eigenvalue weighted by atomic mass is 16.3. The first kappa shape index (κ1) is 10.2. The van der Waals surface area contributed by atoms with Crippen molar-refractivity contribution in [1.29, 1.82) is 0 Å². The van der Waals surface area contributed by atoms with Crippen LogP contribution in [0.3, 0.4) is 0 Å². The number of aliphatic hydroxyl groups is 1. The summed E-state index contributed by atoms with van der Waals surface area (Å²) in [4.78, 5) is 6.25. The summed E-state index contributed by atoms with van der Waals surface area (Å²) in [5.41, 5.74) is 0. The molecule has 1 aromatic heterocycles. The molecule has 1 rings (SSSR count). The lowest BCUT2D eigenvalue weighted by atomic mass is 10.3. The van der Waals surface area contributed by atoms with Crippen LogP contribution in [0.1, 0.15) is 12.7 Å². The Morgan fingerprint density at radius 3 is 2.85 bits per heavy atom. The average Bonchev–Trinajstić information content (AvgIpc) is 2.34. The summed E-state index contributed by atoms with van der Waals surface area (Å²) in [5.74, 6) is 1.02. The molecule has 0 aliphatic heterocycles. The van der Waals surface area contributed by atoms with Gasteiger partial charge in [-0.1, -0.05) is 0 Å². The van der Waals surface area contributed by atoms with Gasteiger partial charge in [0, 0.05) is 26.0 Å². The molecule has 1 aromatic rings. The fourth-order valence-electron chi connectivity index (χ4n) is 1.31. The van der Waals surface area contributed by atoms with Crippen molar-refractivity contribution in [1.82, 2.24) is 14.5 Å². The Hall–Kier alpha value is -0.870. The van der Waals surface area contributed by atoms with E-state index in [0.29, 0.717) is 6.54 Å². The average molecular weight is 183 g/mol. The quantitative estimate of drug-likeness (QED) is 0.726. The number of hydrogen-bond donors (Lipinski definition) is 1. The third-order valence-electron chi connectivity index (χ3n) is 1.91. The van der Waals surface area contributed by atoms with Crippen LogP contribution in [0, 0.1) is 0 Å². The zero-order chi connectivity index (χ0) is 9.84. The van der Waals surface area contributed by atoms with Crippen LogP contribution in [0.25, 0.3) is 0 Å². The minimum absolute atomic E-state index is 0.287. The molecule has 0 aliphatic rings. The van der Waals surface area contributed by atoms with Crippen LogP contribution in [0.4, 0.5) is 0 Å². The van der Waals surface area contributed by atoms with Crippen molar-refractivity contribution in [2.75, 3.05) is 13.6 Å². The van der Waals surface area contributed by atoms with Crippen molar-refractivity contribution in [3.63, 3.8) is 0 Å². The molecule has 0 fully saturated rings. The summed E-state index contributed by atoms with van der Waals surface area (Å²) < 4.78 is 1.98. The normalized spacial score (nSPS) is 13.6. The molecule has 1 heterocycles. The summed E-state index contributed by atoms with van der Waals surface area (Å²) in [6, 6.07) is 0. The molecule has 4 heteroatoms. The van der Waals surface area contributed by atoms with Crippen molar-refractivity contribution in [3.8, 4) is 0 Å². The van der Waals surface area contributed by atoms with Crippen LogP contribution in [0.15, 0.2) is 12.4 Å². The van der Waals surface area contributed by atoms with Gasteiger partial charge in [-0.15, -0.1) is 0 Å². The first-order valence-corrected chi connectivity index (χ1v) is 4.42. The van der Waals surface area contributed by atoms with Crippen LogP contribution in [0.2, 0.25) is 0 Å². The fraction of sp³-hybridized carbons (Fsp3) is 0.667. The SMILES string of the molecule is CC(O)CN(C)Cc1nccn1C. The Balaban J connectivity index is 2.45. The number of rotatable bonds is 4. The van der Waals surface area contributed by atoms with E-state index in [1.54, 1.807) is 13.1 Å². The molecule has 0 bridgehead atoms. The maximum absolute atomic E-state index is 9.15. The summed E-state index contributed by atoms with van der Waals surface area (Å²) in [6.45, 7) is 3.23. The van der Waals surface area contributed by atoms with Crippen LogP contribution in [-0.4, -0.2) is 39.3 Å². The van der Waals surface area contributed by atoms with E-state index in [2.05, 4.69) is 4.98 Å². The number of aromatic nitrogens is 2. The second-order valence-corrected chi connectivity index (χ2v) is 3.50. The van der Waals surface area contributed by atoms with Gasteiger partial charge in [0.05, 0.1) is 12.6 Å². The summed E-state index contributed by atoms with van der Waals surface area (Å²) >= 11 is 0. The van der Waals surface area contributed by atoms with Gasteiger partial charge in [0.15, 0.2) is 0 Å². The van der Waals surface area contributed by atoms with Gasteiger partial charge >= 0.3 is 0 Å². The molecule has 0 spiro atoms. The predicted molar refractivity (Wildman–Crippen MR) is 51.2 cm³/mol. The lowest BCUT2D eigenvalue weighted by Crippen LogP contribution is -2.27. The molecule has 0 radical (unpaired) electrons. The molecule has 0 amide bonds. The standard InChI is InChI=1S/C9H17N3O/c1-8(13)6-11(2)7-9-10-4-5-12(9)3/h4-5,8,13H,6-7H2,1-3H3. The van der Waals surface area contributed by atoms with Crippen LogP contribution in [-0.2, 0) is 13.6 Å². The van der Waals surface area contributed by atoms with E-state index < -0.39 is 0 Å². The van der Waals surface area contributed by atoms with Crippen molar-refractivity contribution in [2.24, 2.45) is 7.05 Å². The molecule has 0 saturated carbocycles. The molecule has 0 aromatic carbocycles. The van der Waals surface area contributed by atoms with E-state index in [1.807, 2.05) is 29.8 Å². The maximum Gasteiger partial charge on any atom is 0.122 e. The number of nitrogens with zero attached hydrogens (tertiary/aromatic N) is 3. The number of hydrogen-bond acceptors (Lipinski definition) is 3. The summed E-state index contributed by atoms with van der Waals surface area (Å²) in [5, 5.41) is 9.15. The van der Waals surface area contributed by atoms with E-state index in [-0.39, 0.29) is 6.10 Å². The Morgan fingerprint density at radius 1 is 1.69 bits per heavy atom. The molecule has 1 N–H and O–H groups in total. The minimum Gasteiger partial charge on any atom is -0.392 e. The predicted octanol–water partition coefficient (Wildman–Crippen LogP) is 0.233. The zero-order valence-corrected chi connectivity index (χ0v) is 8.44. The Morgan fingerprint density at radius 2 is 2.38 bits per heavy atom. The van der Waals surface area contributed by atoms with Crippen molar-refractivity contribution < 1.29 is 5.11 Å². The van der Waals surface area contributed by atoms with Gasteiger partial charge in [-0.05, 0) is 14.0 Å². The minimum atomic E-state index is -0.287. The van der Waals surface area contributed by atoms with Crippen molar-refractivity contribution >= 4 is 0 Å². The fourth-order valence-corrected chi connectivity index (χ4v) is 1.31. The highest BCUT2D eigenvalue weighted by molar-refractivity contribution is 4.90. The molecular formula is C9H17N3O. The van der Waals surface area contributed by atoms with Gasteiger partial charge in [0.25, 0.3) is 0 Å². The van der Waals surface area contributed by atoms with Gasteiger partial charge in [-0.25, -0.2) is 4.98 Å². The Bertz CT molecular complexity index is 257. The first-order valence-electron chi connectivity index (χ1n) is 4.42. The van der Waals surface area contributed by atoms with Crippen LogP contribution < -0.4 is 0 Å². The third-order valence-corrected chi connectivity index (χ3v) is 1.91. The topological polar surface area (TPSA) is 41.3 Å². The van der Waals surface area contributed by atoms with E-state index in [9.17, 15) is 0 Å². The molecule has 0 aliphatic carbocycles. The first-order chi connectivity index (χ1) is 6.09. The van der Waals surface area contributed by atoms with Gasteiger partial charge in [0.2, 0.25) is 0 Å². The lowest BCUT2D eigenvalue weighted by Gasteiger charge is -2.17. The summed E-state index contributed by atoms with van der Waals surface area (Å²) in [6.07, 6.45) is 3.42. The molecule has 0 saturated heterocycles. The second-order valence-electron chi connectivity index (χ2n) is 3.50. The number of imidazole rings is 1. The monoisotopic (exact) mass is 183 g/mol. The van der Waals surface area contributed by atoms with Gasteiger partial charge in [-0.2, -0.15) is 0 Å². The van der Waals surface area contributed by atoms with Crippen LogP contribution in [0.5, 0.6) is 0 Å². The van der Waals surface area contributed by atoms with Gasteiger partial charge < -0.3 is 9.67 Å². The molecule has 13 heavy (non-hydrogen) atoms. The van der Waals surface area contributed by atoms with Gasteiger partial charge in [0.1, 0.15) is 5.82 Å². The maximum atomic E-state index is 9.15. The van der Waals surface area contributed by atoms with E-state index >= 15 is 0 Å². The number of aryl methyl sites for hydroxylation is 1. The molecule has 74 valence electrons. The second kappa shape index (κ2) is 4.39. The molecule has 4 nitrogen and oxygen atoms in total. The molecular weight excluding hydrogens is 166 g/mol. The third kappa shape index (κ3) is 3.16. The number of aliphatic hydroxyl groups excluding tert-OH is 1. The number of likely N-dealkylation sites (N-methyl/N-ethyl adjacent to an activating group) is 1. The lowest BCUT2D eigenvalue weighted by molar-refractivity contribution is 0.136. The van der Waals surface area contributed by atoms with Crippen molar-refractivity contribution in [3.05, 3.63) is 18.2 Å². The van der Waals surface area contributed by atoms with E-state index in [4.69, 9.17) is 5.11 Å². The largest absolute Gasteiger partial charge is 0.392 e. The van der Waals surface area contributed by atoms with Gasteiger partial charge in [-0.3, -0.25) is 4.90 Å². The Kier molecular flexibility index (Phi) is 3.45. The summed E-state index contributed by atoms with van der Waals surface area (Å²) in [7, 11) is 3.94. The van der Waals surface area contributed by atoms with E-state index in [1.165, 1.54) is 0 Å². The highest BCUT2D eigenvalue weighted by Gasteiger charge is 2.06. The zero-order valence-electron chi connectivity index (χ0n) is 8.44. The van der Waals surface area contributed by atoms with Crippen LogP contribution >= 0.6 is 0 Å². The van der Waals surface area contributed by atoms with Crippen molar-refractivity contribution in [2.45, 2.75) is 19.6 Å². The highest BCUT2D eigenvalue weighted by Crippen LogP contribution is 1.99. The Labute approximate surface area is 78.8 Å². The molecule has 1 atom stereocenters. The smallest absolute Gasteiger partial charge is 0.122 e. The van der Waals surface area contributed by atoms with E-state index in [0.717, 1.165) is 12.4 Å². The molecule has 1 unspecified atom stereocenters.